The summed E-state index contributed by atoms with van der Waals surface area (Å²) in [6, 6.07) is 7.20. The maximum absolute atomic E-state index is 13.0. The van der Waals surface area contributed by atoms with E-state index in [1.165, 1.54) is 104 Å². The van der Waals surface area contributed by atoms with Gasteiger partial charge in [-0.15, -0.1) is 0 Å². The number of benzene rings is 1. The van der Waals surface area contributed by atoms with Crippen LogP contribution in [-0.4, -0.2) is 11.6 Å². The molecular formula is C51H76O2. The van der Waals surface area contributed by atoms with Gasteiger partial charge in [0, 0.05) is 22.3 Å². The first kappa shape index (κ1) is 45.9. The van der Waals surface area contributed by atoms with Crippen molar-refractivity contribution in [2.75, 3.05) is 0 Å². The molecule has 292 valence electrons. The summed E-state index contributed by atoms with van der Waals surface area (Å²) in [5.41, 5.74) is 11.2. The van der Waals surface area contributed by atoms with E-state index in [-0.39, 0.29) is 11.6 Å². The second-order valence-corrected chi connectivity index (χ2v) is 16.8. The van der Waals surface area contributed by atoms with E-state index >= 15 is 0 Å². The SMILES string of the molecule is CC(C)=CCCC(C)=CCCC(C)=CCCC(C)=CCCC(C)=CCCC(C)CCCC(C)CCCC(C)=CCC1=C(C)C(=O)c2ccccc2C1=O. The van der Waals surface area contributed by atoms with Gasteiger partial charge in [0.05, 0.1) is 0 Å². The first-order chi connectivity index (χ1) is 25.3. The van der Waals surface area contributed by atoms with Gasteiger partial charge in [-0.3, -0.25) is 9.59 Å². The van der Waals surface area contributed by atoms with Gasteiger partial charge in [-0.2, -0.15) is 0 Å². The summed E-state index contributed by atoms with van der Waals surface area (Å²) >= 11 is 0. The maximum Gasteiger partial charge on any atom is 0.190 e. The van der Waals surface area contributed by atoms with Crippen LogP contribution in [-0.2, 0) is 0 Å². The minimum Gasteiger partial charge on any atom is -0.289 e. The topological polar surface area (TPSA) is 34.1 Å². The van der Waals surface area contributed by atoms with Crippen molar-refractivity contribution in [3.63, 3.8) is 0 Å². The molecule has 0 saturated carbocycles. The molecule has 0 aromatic heterocycles. The smallest absolute Gasteiger partial charge is 0.190 e. The van der Waals surface area contributed by atoms with Crippen LogP contribution in [0.5, 0.6) is 0 Å². The van der Waals surface area contributed by atoms with Crippen molar-refractivity contribution in [2.24, 2.45) is 11.8 Å². The number of ketones is 2. The van der Waals surface area contributed by atoms with E-state index in [0.29, 0.717) is 28.7 Å². The molecule has 0 spiro atoms. The Hall–Kier alpha value is -3.26. The Morgan fingerprint density at radius 1 is 0.509 bits per heavy atom. The first-order valence-electron chi connectivity index (χ1n) is 21.1. The second kappa shape index (κ2) is 25.7. The molecular weight excluding hydrogens is 645 g/mol. The highest BCUT2D eigenvalue weighted by Crippen LogP contribution is 2.29. The molecule has 1 aliphatic carbocycles. The molecule has 2 heteroatoms. The molecule has 1 aliphatic rings. The lowest BCUT2D eigenvalue weighted by Gasteiger charge is -2.18. The minimum atomic E-state index is -0.00881. The lowest BCUT2D eigenvalue weighted by atomic mass is 9.83. The molecule has 53 heavy (non-hydrogen) atoms. The first-order valence-corrected chi connectivity index (χ1v) is 21.1. The number of hydrogen-bond acceptors (Lipinski definition) is 2. The standard InChI is InChI=1S/C51H76O2/c1-38(2)20-13-21-39(3)22-14-23-40(4)24-15-25-41(5)26-16-27-42(6)28-17-29-43(7)30-18-31-44(8)32-19-33-45(9)36-37-47-46(10)50(52)48-34-11-12-35-49(48)51(47)53/h11-12,20,22,24,26,28,34-36,43-44H,13-19,21,23,25,27,29-33,37H2,1-10H3. The maximum atomic E-state index is 13.0. The van der Waals surface area contributed by atoms with Crippen molar-refractivity contribution in [3.8, 4) is 0 Å². The Morgan fingerprint density at radius 2 is 0.925 bits per heavy atom. The van der Waals surface area contributed by atoms with E-state index in [4.69, 9.17) is 0 Å². The highest BCUT2D eigenvalue weighted by Gasteiger charge is 2.28. The molecule has 0 amide bonds. The fraction of sp³-hybridized carbons (Fsp3) is 0.569. The number of fused-ring (bicyclic) bond motifs is 1. The largest absolute Gasteiger partial charge is 0.289 e. The number of allylic oxidation sites excluding steroid dienone is 14. The van der Waals surface area contributed by atoms with E-state index in [9.17, 15) is 9.59 Å². The Balaban J connectivity index is 1.55. The van der Waals surface area contributed by atoms with Crippen LogP contribution in [0.1, 0.15) is 199 Å². The van der Waals surface area contributed by atoms with Crippen LogP contribution in [0.2, 0.25) is 0 Å². The molecule has 0 radical (unpaired) electrons. The summed E-state index contributed by atoms with van der Waals surface area (Å²) in [4.78, 5) is 25.8. The van der Waals surface area contributed by atoms with Gasteiger partial charge in [-0.05, 0) is 151 Å². The number of Topliss-reactive ketones (excluding diaryl/α,β-unsaturated/α-hetero) is 2. The van der Waals surface area contributed by atoms with Gasteiger partial charge >= 0.3 is 0 Å². The van der Waals surface area contributed by atoms with Crippen molar-refractivity contribution in [1.29, 1.82) is 0 Å². The van der Waals surface area contributed by atoms with E-state index < -0.39 is 0 Å². The molecule has 2 unspecified atom stereocenters. The predicted molar refractivity (Wildman–Crippen MR) is 233 cm³/mol. The summed E-state index contributed by atoms with van der Waals surface area (Å²) < 4.78 is 0. The molecule has 0 heterocycles. The molecule has 0 bridgehead atoms. The lowest BCUT2D eigenvalue weighted by molar-refractivity contribution is 0.0973. The van der Waals surface area contributed by atoms with Crippen molar-refractivity contribution in [3.05, 3.63) is 116 Å². The van der Waals surface area contributed by atoms with E-state index in [1.54, 1.807) is 19.1 Å². The fourth-order valence-electron chi connectivity index (χ4n) is 7.26. The van der Waals surface area contributed by atoms with E-state index in [2.05, 4.69) is 98.8 Å². The predicted octanol–water partition coefficient (Wildman–Crippen LogP) is 16.0. The van der Waals surface area contributed by atoms with Gasteiger partial charge < -0.3 is 0 Å². The Kier molecular flexibility index (Phi) is 22.3. The average Bonchev–Trinajstić information content (AvgIpc) is 3.10. The Bertz CT molecular complexity index is 1530. The summed E-state index contributed by atoms with van der Waals surface area (Å²) in [6.45, 7) is 22.3. The summed E-state index contributed by atoms with van der Waals surface area (Å²) in [5.74, 6) is 1.52. The van der Waals surface area contributed by atoms with Crippen LogP contribution in [0.15, 0.2) is 105 Å². The quantitative estimate of drug-likeness (QED) is 0.0943. The number of carbonyl (C=O) groups is 2. The number of carbonyl (C=O) groups excluding carboxylic acids is 2. The summed E-state index contributed by atoms with van der Waals surface area (Å²) in [7, 11) is 0. The van der Waals surface area contributed by atoms with Gasteiger partial charge in [0.15, 0.2) is 11.6 Å². The highest BCUT2D eigenvalue weighted by molar-refractivity contribution is 6.26. The third-order valence-electron chi connectivity index (χ3n) is 11.1. The van der Waals surface area contributed by atoms with Crippen molar-refractivity contribution >= 4 is 11.6 Å². The molecule has 0 N–H and O–H groups in total. The molecule has 2 atom stereocenters. The van der Waals surface area contributed by atoms with Crippen molar-refractivity contribution in [1.82, 2.24) is 0 Å². The Labute approximate surface area is 326 Å². The summed E-state index contributed by atoms with van der Waals surface area (Å²) in [6.07, 6.45) is 34.1. The molecule has 2 rings (SSSR count). The molecule has 0 saturated heterocycles. The van der Waals surface area contributed by atoms with Crippen LogP contribution < -0.4 is 0 Å². The van der Waals surface area contributed by atoms with Gasteiger partial charge in [-0.1, -0.05) is 134 Å². The molecule has 1 aromatic carbocycles. The summed E-state index contributed by atoms with van der Waals surface area (Å²) in [5, 5.41) is 0. The zero-order valence-electron chi connectivity index (χ0n) is 35.8. The van der Waals surface area contributed by atoms with Gasteiger partial charge in [0.1, 0.15) is 0 Å². The van der Waals surface area contributed by atoms with Crippen molar-refractivity contribution < 1.29 is 9.59 Å². The zero-order chi connectivity index (χ0) is 39.2. The highest BCUT2D eigenvalue weighted by atomic mass is 16.1. The third kappa shape index (κ3) is 19.1. The van der Waals surface area contributed by atoms with Crippen LogP contribution in [0.4, 0.5) is 0 Å². The van der Waals surface area contributed by atoms with E-state index in [1.807, 2.05) is 12.1 Å². The monoisotopic (exact) mass is 721 g/mol. The molecule has 1 aromatic rings. The second-order valence-electron chi connectivity index (χ2n) is 16.8. The third-order valence-corrected chi connectivity index (χ3v) is 11.1. The van der Waals surface area contributed by atoms with Gasteiger partial charge in [0.25, 0.3) is 0 Å². The zero-order valence-corrected chi connectivity index (χ0v) is 35.8. The number of rotatable bonds is 25. The fourth-order valence-corrected chi connectivity index (χ4v) is 7.26. The van der Waals surface area contributed by atoms with Crippen molar-refractivity contribution in [2.45, 2.75) is 178 Å². The van der Waals surface area contributed by atoms with Crippen LogP contribution in [0.25, 0.3) is 0 Å². The minimum absolute atomic E-state index is 0.00881. The molecule has 0 aliphatic heterocycles. The average molecular weight is 721 g/mol. The van der Waals surface area contributed by atoms with Crippen LogP contribution in [0, 0.1) is 11.8 Å². The lowest BCUT2D eigenvalue weighted by Crippen LogP contribution is -2.20. The van der Waals surface area contributed by atoms with Gasteiger partial charge in [-0.25, -0.2) is 0 Å². The van der Waals surface area contributed by atoms with E-state index in [0.717, 1.165) is 43.9 Å². The molecule has 2 nitrogen and oxygen atoms in total. The van der Waals surface area contributed by atoms with Gasteiger partial charge in [0.2, 0.25) is 0 Å². The normalized spacial score (nSPS) is 15.9. The van der Waals surface area contributed by atoms with Crippen LogP contribution >= 0.6 is 0 Å². The Morgan fingerprint density at radius 3 is 1.43 bits per heavy atom. The van der Waals surface area contributed by atoms with Crippen LogP contribution in [0.3, 0.4) is 0 Å². The molecule has 0 fully saturated rings. The number of hydrogen-bond donors (Lipinski definition) is 0.